The molecule has 1 aromatic rings. The van der Waals surface area contributed by atoms with E-state index in [2.05, 4.69) is 6.92 Å². The van der Waals surface area contributed by atoms with E-state index in [4.69, 9.17) is 0 Å². The Balaban J connectivity index is 2.03. The van der Waals surface area contributed by atoms with Crippen LogP contribution >= 0.6 is 0 Å². The Bertz CT molecular complexity index is 445. The zero-order chi connectivity index (χ0) is 13.8. The molecule has 0 unspecified atom stereocenters. The molecule has 1 saturated carbocycles. The maximum Gasteiger partial charge on any atom is 0.168 e. The van der Waals surface area contributed by atoms with Crippen LogP contribution in [0.15, 0.2) is 18.2 Å². The number of hydrogen-bond donors (Lipinski definition) is 0. The number of carbonyl (C=O) groups is 1. The van der Waals surface area contributed by atoms with Gasteiger partial charge in [-0.3, -0.25) is 4.79 Å². The molecule has 1 nitrogen and oxygen atoms in total. The molecular formula is C17H23FO. The molecular weight excluding hydrogens is 239 g/mol. The summed E-state index contributed by atoms with van der Waals surface area (Å²) < 4.78 is 13.8. The van der Waals surface area contributed by atoms with Crippen molar-refractivity contribution in [1.29, 1.82) is 0 Å². The summed E-state index contributed by atoms with van der Waals surface area (Å²) in [6, 6.07) is 4.81. The van der Waals surface area contributed by atoms with Crippen LogP contribution in [0.2, 0.25) is 0 Å². The summed E-state index contributed by atoms with van der Waals surface area (Å²) in [5.74, 6) is 0.447. The minimum Gasteiger partial charge on any atom is -0.294 e. The van der Waals surface area contributed by atoms with Gasteiger partial charge in [0.2, 0.25) is 0 Å². The lowest BCUT2D eigenvalue weighted by atomic mass is 9.77. The van der Waals surface area contributed by atoms with Gasteiger partial charge in [0.05, 0.1) is 5.56 Å². The maximum absolute atomic E-state index is 13.8. The minimum absolute atomic E-state index is 0.0103. The Labute approximate surface area is 115 Å². The van der Waals surface area contributed by atoms with E-state index in [-0.39, 0.29) is 17.5 Å². The second-order valence-corrected chi connectivity index (χ2v) is 5.85. The average molecular weight is 262 g/mol. The van der Waals surface area contributed by atoms with Gasteiger partial charge in [-0.1, -0.05) is 31.4 Å². The standard InChI is InChI=1S/C17H23FO/c1-3-4-13-6-8-14(9-7-13)17(19)15-11-12(2)5-10-16(15)18/h5,10-11,13-14H,3-4,6-9H2,1-2H3. The van der Waals surface area contributed by atoms with Crippen molar-refractivity contribution >= 4 is 5.78 Å². The molecule has 0 spiro atoms. The molecule has 0 radical (unpaired) electrons. The van der Waals surface area contributed by atoms with E-state index < -0.39 is 0 Å². The van der Waals surface area contributed by atoms with Crippen molar-refractivity contribution in [2.75, 3.05) is 0 Å². The monoisotopic (exact) mass is 262 g/mol. The fourth-order valence-electron chi connectivity index (χ4n) is 3.17. The van der Waals surface area contributed by atoms with Crippen LogP contribution in [0.1, 0.15) is 61.4 Å². The maximum atomic E-state index is 13.8. The molecule has 0 saturated heterocycles. The Hall–Kier alpha value is -1.18. The zero-order valence-corrected chi connectivity index (χ0v) is 11.9. The fraction of sp³-hybridized carbons (Fsp3) is 0.588. The van der Waals surface area contributed by atoms with E-state index in [0.29, 0.717) is 5.56 Å². The highest BCUT2D eigenvalue weighted by atomic mass is 19.1. The molecule has 1 aromatic carbocycles. The number of Topliss-reactive ketones (excluding diaryl/α,β-unsaturated/α-hetero) is 1. The molecule has 0 bridgehead atoms. The average Bonchev–Trinajstić information content (AvgIpc) is 2.42. The lowest BCUT2D eigenvalue weighted by molar-refractivity contribution is 0.0865. The SMILES string of the molecule is CCCC1CCC(C(=O)c2cc(C)ccc2F)CC1. The van der Waals surface area contributed by atoms with Gasteiger partial charge in [0.15, 0.2) is 5.78 Å². The Morgan fingerprint density at radius 1 is 1.26 bits per heavy atom. The van der Waals surface area contributed by atoms with Gasteiger partial charge < -0.3 is 0 Å². The van der Waals surface area contributed by atoms with Crippen molar-refractivity contribution in [2.45, 2.75) is 52.4 Å². The second-order valence-electron chi connectivity index (χ2n) is 5.85. The van der Waals surface area contributed by atoms with Gasteiger partial charge in [0.25, 0.3) is 0 Å². The summed E-state index contributed by atoms with van der Waals surface area (Å²) in [7, 11) is 0. The third kappa shape index (κ3) is 3.43. The van der Waals surface area contributed by atoms with Crippen LogP contribution in [0.3, 0.4) is 0 Å². The van der Waals surface area contributed by atoms with Gasteiger partial charge in [-0.15, -0.1) is 0 Å². The van der Waals surface area contributed by atoms with Crippen molar-refractivity contribution in [3.63, 3.8) is 0 Å². The molecule has 2 heteroatoms. The summed E-state index contributed by atoms with van der Waals surface area (Å²) >= 11 is 0. The quantitative estimate of drug-likeness (QED) is 0.704. The van der Waals surface area contributed by atoms with Gasteiger partial charge in [-0.25, -0.2) is 4.39 Å². The first kappa shape index (κ1) is 14.2. The van der Waals surface area contributed by atoms with E-state index in [1.807, 2.05) is 6.92 Å². The van der Waals surface area contributed by atoms with Crippen molar-refractivity contribution in [1.82, 2.24) is 0 Å². The summed E-state index contributed by atoms with van der Waals surface area (Å²) in [6.07, 6.45) is 6.58. The Morgan fingerprint density at radius 3 is 2.58 bits per heavy atom. The minimum atomic E-state index is -0.369. The molecule has 0 aliphatic heterocycles. The highest BCUT2D eigenvalue weighted by Gasteiger charge is 2.27. The number of benzene rings is 1. The number of hydrogen-bond acceptors (Lipinski definition) is 1. The van der Waals surface area contributed by atoms with Crippen molar-refractivity contribution in [2.24, 2.45) is 11.8 Å². The molecule has 1 fully saturated rings. The molecule has 2 rings (SSSR count). The number of carbonyl (C=O) groups excluding carboxylic acids is 1. The third-order valence-electron chi connectivity index (χ3n) is 4.30. The van der Waals surface area contributed by atoms with Crippen LogP contribution in [0, 0.1) is 24.6 Å². The first-order valence-corrected chi connectivity index (χ1v) is 7.42. The van der Waals surface area contributed by atoms with Crippen LogP contribution in [0.25, 0.3) is 0 Å². The van der Waals surface area contributed by atoms with E-state index in [9.17, 15) is 9.18 Å². The summed E-state index contributed by atoms with van der Waals surface area (Å²) in [5.41, 5.74) is 1.24. The van der Waals surface area contributed by atoms with E-state index in [0.717, 1.165) is 37.2 Å². The van der Waals surface area contributed by atoms with Gasteiger partial charge in [-0.2, -0.15) is 0 Å². The zero-order valence-electron chi connectivity index (χ0n) is 11.9. The first-order valence-electron chi connectivity index (χ1n) is 7.42. The van der Waals surface area contributed by atoms with Gasteiger partial charge >= 0.3 is 0 Å². The normalized spacial score (nSPS) is 23.3. The lowest BCUT2D eigenvalue weighted by Gasteiger charge is -2.27. The highest BCUT2D eigenvalue weighted by Crippen LogP contribution is 2.33. The number of aryl methyl sites for hydroxylation is 1. The van der Waals surface area contributed by atoms with Crippen LogP contribution in [-0.2, 0) is 0 Å². The van der Waals surface area contributed by atoms with Crippen LogP contribution in [-0.4, -0.2) is 5.78 Å². The smallest absolute Gasteiger partial charge is 0.168 e. The first-order chi connectivity index (χ1) is 9.11. The van der Waals surface area contributed by atoms with Crippen molar-refractivity contribution < 1.29 is 9.18 Å². The number of halogens is 1. The van der Waals surface area contributed by atoms with Crippen LogP contribution in [0.5, 0.6) is 0 Å². The largest absolute Gasteiger partial charge is 0.294 e. The fourth-order valence-corrected chi connectivity index (χ4v) is 3.17. The highest BCUT2D eigenvalue weighted by molar-refractivity contribution is 5.98. The number of ketones is 1. The predicted octanol–water partition coefficient (Wildman–Crippen LogP) is 4.92. The van der Waals surface area contributed by atoms with Gasteiger partial charge in [0, 0.05) is 5.92 Å². The molecule has 0 atom stereocenters. The summed E-state index contributed by atoms with van der Waals surface area (Å²) in [6.45, 7) is 4.10. The Morgan fingerprint density at radius 2 is 1.95 bits per heavy atom. The summed E-state index contributed by atoms with van der Waals surface area (Å²) in [5, 5.41) is 0. The molecule has 0 amide bonds. The predicted molar refractivity (Wildman–Crippen MR) is 75.8 cm³/mol. The number of rotatable bonds is 4. The van der Waals surface area contributed by atoms with Crippen molar-refractivity contribution in [3.8, 4) is 0 Å². The second kappa shape index (κ2) is 6.31. The summed E-state index contributed by atoms with van der Waals surface area (Å²) in [4.78, 5) is 12.4. The van der Waals surface area contributed by atoms with Crippen LogP contribution in [0.4, 0.5) is 4.39 Å². The van der Waals surface area contributed by atoms with Crippen molar-refractivity contribution in [3.05, 3.63) is 35.1 Å². The van der Waals surface area contributed by atoms with Gasteiger partial charge in [-0.05, 0) is 50.7 Å². The molecule has 1 aliphatic carbocycles. The molecule has 0 aromatic heterocycles. The third-order valence-corrected chi connectivity index (χ3v) is 4.30. The molecule has 19 heavy (non-hydrogen) atoms. The molecule has 0 N–H and O–H groups in total. The Kier molecular flexibility index (Phi) is 4.73. The van der Waals surface area contributed by atoms with Gasteiger partial charge in [0.1, 0.15) is 5.82 Å². The van der Waals surface area contributed by atoms with E-state index >= 15 is 0 Å². The van der Waals surface area contributed by atoms with E-state index in [1.54, 1.807) is 12.1 Å². The molecule has 1 aliphatic rings. The van der Waals surface area contributed by atoms with Crippen LogP contribution < -0.4 is 0 Å². The topological polar surface area (TPSA) is 17.1 Å². The van der Waals surface area contributed by atoms with E-state index in [1.165, 1.54) is 18.9 Å². The molecule has 0 heterocycles. The molecule has 104 valence electrons. The lowest BCUT2D eigenvalue weighted by Crippen LogP contribution is -2.22.